The molecule has 18 heavy (non-hydrogen) atoms. The first-order chi connectivity index (χ1) is 8.57. The number of anilines is 1. The maximum atomic E-state index is 5.72. The predicted octanol–water partition coefficient (Wildman–Crippen LogP) is 2.09. The van der Waals surface area contributed by atoms with Gasteiger partial charge in [-0.25, -0.2) is 0 Å². The summed E-state index contributed by atoms with van der Waals surface area (Å²) < 4.78 is 1.71. The quantitative estimate of drug-likeness (QED) is 0.715. The molecule has 0 radical (unpaired) electrons. The fourth-order valence-electron chi connectivity index (χ4n) is 1.84. The van der Waals surface area contributed by atoms with E-state index >= 15 is 0 Å². The fraction of sp³-hybridized carbons (Fsp3) is 0.250. The van der Waals surface area contributed by atoms with Gasteiger partial charge in [-0.15, -0.1) is 10.2 Å². The summed E-state index contributed by atoms with van der Waals surface area (Å²) in [5.74, 6) is 0. The van der Waals surface area contributed by atoms with Crippen molar-refractivity contribution in [2.45, 2.75) is 19.3 Å². The minimum atomic E-state index is -0.168. The summed E-state index contributed by atoms with van der Waals surface area (Å²) in [7, 11) is 0. The van der Waals surface area contributed by atoms with Crippen LogP contribution in [0.15, 0.2) is 30.6 Å². The summed E-state index contributed by atoms with van der Waals surface area (Å²) in [6.07, 6.45) is 1.62. The first kappa shape index (κ1) is 11.2. The molecule has 5 nitrogen and oxygen atoms in total. The van der Waals surface area contributed by atoms with E-state index in [2.05, 4.69) is 29.1 Å². The van der Waals surface area contributed by atoms with Gasteiger partial charge >= 0.3 is 0 Å². The third-order valence-electron chi connectivity index (χ3n) is 3.05. The van der Waals surface area contributed by atoms with Gasteiger partial charge in [0.25, 0.3) is 0 Å². The van der Waals surface area contributed by atoms with E-state index in [9.17, 15) is 0 Å². The van der Waals surface area contributed by atoms with Gasteiger partial charge in [0.05, 0.1) is 0 Å². The molecule has 3 rings (SSSR count). The molecule has 0 spiro atoms. The van der Waals surface area contributed by atoms with Crippen molar-refractivity contribution in [1.29, 1.82) is 0 Å². The molecule has 0 aliphatic rings. The molecule has 0 atom stereocenters. The average Bonchev–Trinajstić information content (AvgIpc) is 2.89. The smallest absolute Gasteiger partial charge is 0.234 e. The second kappa shape index (κ2) is 3.78. The van der Waals surface area contributed by atoms with E-state index in [-0.39, 0.29) is 5.41 Å². The van der Waals surface area contributed by atoms with Crippen LogP contribution < -0.4 is 5.73 Å². The van der Waals surface area contributed by atoms with Crippen LogP contribution in [0.25, 0.3) is 4.96 Å². The van der Waals surface area contributed by atoms with Crippen LogP contribution in [0, 0.1) is 0 Å². The van der Waals surface area contributed by atoms with Crippen molar-refractivity contribution in [3.05, 3.63) is 41.2 Å². The second-order valence-corrected chi connectivity index (χ2v) is 5.67. The second-order valence-electron chi connectivity index (χ2n) is 4.71. The molecule has 2 N–H and O–H groups in total. The van der Waals surface area contributed by atoms with Crippen LogP contribution in [0.2, 0.25) is 0 Å². The van der Waals surface area contributed by atoms with Crippen LogP contribution >= 0.6 is 11.3 Å². The van der Waals surface area contributed by atoms with Crippen molar-refractivity contribution >= 4 is 22.0 Å². The van der Waals surface area contributed by atoms with E-state index in [0.29, 0.717) is 0 Å². The number of fused-ring (bicyclic) bond motifs is 1. The number of rotatable bonds is 2. The Hall–Kier alpha value is -1.95. The summed E-state index contributed by atoms with van der Waals surface area (Å²) in [6, 6.07) is 7.91. The Kier molecular flexibility index (Phi) is 2.34. The maximum Gasteiger partial charge on any atom is 0.234 e. The Morgan fingerprint density at radius 2 is 1.94 bits per heavy atom. The molecule has 0 aliphatic heterocycles. The molecular weight excluding hydrogens is 246 g/mol. The van der Waals surface area contributed by atoms with Crippen molar-refractivity contribution in [3.63, 3.8) is 0 Å². The molecule has 0 fully saturated rings. The van der Waals surface area contributed by atoms with E-state index in [1.54, 1.807) is 22.2 Å². The number of hydrogen-bond donors (Lipinski definition) is 1. The van der Waals surface area contributed by atoms with Gasteiger partial charge in [0.15, 0.2) is 0 Å². The van der Waals surface area contributed by atoms with E-state index in [1.807, 2.05) is 24.3 Å². The van der Waals surface area contributed by atoms with Crippen LogP contribution in [0.3, 0.4) is 0 Å². The Morgan fingerprint density at radius 1 is 1.22 bits per heavy atom. The highest BCUT2D eigenvalue weighted by molar-refractivity contribution is 7.16. The molecule has 1 aromatic carbocycles. The van der Waals surface area contributed by atoms with Crippen LogP contribution in [-0.4, -0.2) is 19.8 Å². The average molecular weight is 259 g/mol. The van der Waals surface area contributed by atoms with Gasteiger partial charge in [-0.1, -0.05) is 23.5 Å². The van der Waals surface area contributed by atoms with Crippen LogP contribution in [-0.2, 0) is 5.41 Å². The summed E-state index contributed by atoms with van der Waals surface area (Å²) in [5, 5.41) is 13.4. The first-order valence-corrected chi connectivity index (χ1v) is 6.42. The van der Waals surface area contributed by atoms with Gasteiger partial charge in [-0.05, 0) is 31.5 Å². The zero-order valence-electron chi connectivity index (χ0n) is 10.2. The highest BCUT2D eigenvalue weighted by Gasteiger charge is 2.27. The van der Waals surface area contributed by atoms with E-state index in [4.69, 9.17) is 5.73 Å². The lowest BCUT2D eigenvalue weighted by atomic mass is 9.85. The van der Waals surface area contributed by atoms with E-state index < -0.39 is 0 Å². The summed E-state index contributed by atoms with van der Waals surface area (Å²) in [4.78, 5) is 0.813. The number of hydrogen-bond acceptors (Lipinski definition) is 5. The van der Waals surface area contributed by atoms with E-state index in [1.165, 1.54) is 5.56 Å². The van der Waals surface area contributed by atoms with Crippen LogP contribution in [0.1, 0.15) is 24.4 Å². The lowest BCUT2D eigenvalue weighted by Crippen LogP contribution is -2.19. The molecule has 0 saturated heterocycles. The number of nitrogens with two attached hydrogens (primary N) is 1. The standard InChI is InChI=1S/C12H13N5S/c1-12(2,8-3-5-9(13)6-4-8)10-16-17-7-14-15-11(17)18-10/h3-7H,13H2,1-2H3. The van der Waals surface area contributed by atoms with E-state index in [0.717, 1.165) is 15.7 Å². The molecule has 92 valence electrons. The number of nitrogen functional groups attached to an aromatic ring is 1. The molecule has 0 amide bonds. The lowest BCUT2D eigenvalue weighted by molar-refractivity contribution is 0.620. The minimum absolute atomic E-state index is 0.168. The topological polar surface area (TPSA) is 69.1 Å². The summed E-state index contributed by atoms with van der Waals surface area (Å²) >= 11 is 1.56. The molecule has 2 heterocycles. The van der Waals surface area contributed by atoms with Gasteiger partial charge in [0.2, 0.25) is 4.96 Å². The number of aromatic nitrogens is 4. The SMILES string of the molecule is CC(C)(c1ccc(N)cc1)c1nn2cnnc2s1. The molecule has 0 unspecified atom stereocenters. The van der Waals surface area contributed by atoms with Crippen molar-refractivity contribution in [1.82, 2.24) is 19.8 Å². The normalized spacial score (nSPS) is 12.1. The van der Waals surface area contributed by atoms with Crippen molar-refractivity contribution in [2.75, 3.05) is 5.73 Å². The Balaban J connectivity index is 2.08. The highest BCUT2D eigenvalue weighted by atomic mass is 32.1. The molecular formula is C12H13N5S. The van der Waals surface area contributed by atoms with Crippen molar-refractivity contribution < 1.29 is 0 Å². The molecule has 3 aromatic rings. The first-order valence-electron chi connectivity index (χ1n) is 5.61. The predicted molar refractivity (Wildman–Crippen MR) is 71.6 cm³/mol. The zero-order chi connectivity index (χ0) is 12.8. The van der Waals surface area contributed by atoms with Crippen LogP contribution in [0.5, 0.6) is 0 Å². The highest BCUT2D eigenvalue weighted by Crippen LogP contribution is 2.34. The monoisotopic (exact) mass is 259 g/mol. The zero-order valence-corrected chi connectivity index (χ0v) is 11.0. The number of benzene rings is 1. The summed E-state index contributed by atoms with van der Waals surface area (Å²) in [5.41, 5.74) is 7.50. The van der Waals surface area contributed by atoms with Gasteiger partial charge < -0.3 is 5.73 Å². The summed E-state index contributed by atoms with van der Waals surface area (Å²) in [6.45, 7) is 4.29. The fourth-order valence-corrected chi connectivity index (χ4v) is 2.78. The van der Waals surface area contributed by atoms with Gasteiger partial charge in [-0.2, -0.15) is 9.61 Å². The molecule has 0 aliphatic carbocycles. The third kappa shape index (κ3) is 1.65. The van der Waals surface area contributed by atoms with Crippen molar-refractivity contribution in [3.8, 4) is 0 Å². The van der Waals surface area contributed by atoms with Gasteiger partial charge in [-0.3, -0.25) is 0 Å². The van der Waals surface area contributed by atoms with Gasteiger partial charge in [0.1, 0.15) is 11.3 Å². The minimum Gasteiger partial charge on any atom is -0.399 e. The Morgan fingerprint density at radius 3 is 2.61 bits per heavy atom. The maximum absolute atomic E-state index is 5.72. The number of nitrogens with zero attached hydrogens (tertiary/aromatic N) is 4. The third-order valence-corrected chi connectivity index (χ3v) is 4.29. The molecule has 2 aromatic heterocycles. The lowest BCUT2D eigenvalue weighted by Gasteiger charge is -2.22. The Bertz CT molecular complexity index is 651. The van der Waals surface area contributed by atoms with Crippen molar-refractivity contribution in [2.24, 2.45) is 0 Å². The largest absolute Gasteiger partial charge is 0.399 e. The van der Waals surface area contributed by atoms with Gasteiger partial charge in [0, 0.05) is 11.1 Å². The molecule has 0 saturated carbocycles. The Labute approximate surface area is 108 Å². The molecule has 6 heteroatoms. The van der Waals surface area contributed by atoms with Crippen LogP contribution in [0.4, 0.5) is 5.69 Å². The molecule has 0 bridgehead atoms.